The summed E-state index contributed by atoms with van der Waals surface area (Å²) in [6, 6.07) is 7.32. The van der Waals surface area contributed by atoms with Crippen LogP contribution in [-0.2, 0) is 6.61 Å². The van der Waals surface area contributed by atoms with Gasteiger partial charge in [-0.15, -0.1) is 0 Å². The Morgan fingerprint density at radius 1 is 1.00 bits per heavy atom. The van der Waals surface area contributed by atoms with Crippen LogP contribution in [0, 0.1) is 17.5 Å². The molecule has 0 atom stereocenters. The van der Waals surface area contributed by atoms with Crippen LogP contribution in [0.3, 0.4) is 0 Å². The number of aliphatic hydroxyl groups is 1. The van der Waals surface area contributed by atoms with Crippen molar-refractivity contribution in [2.45, 2.75) is 16.4 Å². The average Bonchev–Trinajstić information content (AvgIpc) is 2.34. The third-order valence-electron chi connectivity index (χ3n) is 2.32. The van der Waals surface area contributed by atoms with E-state index in [0.29, 0.717) is 5.56 Å². The summed E-state index contributed by atoms with van der Waals surface area (Å²) in [5, 5.41) is 9.10. The molecule has 0 radical (unpaired) electrons. The molecule has 0 aliphatic rings. The molecule has 0 heterocycles. The average molecular weight is 270 g/mol. The van der Waals surface area contributed by atoms with Crippen LogP contribution < -0.4 is 0 Å². The van der Waals surface area contributed by atoms with Crippen LogP contribution in [-0.4, -0.2) is 5.11 Å². The Morgan fingerprint density at radius 3 is 2.44 bits per heavy atom. The van der Waals surface area contributed by atoms with Crippen LogP contribution in [0.2, 0.25) is 0 Å². The molecular weight excluding hydrogens is 261 g/mol. The maximum absolute atomic E-state index is 13.6. The molecule has 1 nitrogen and oxygen atoms in total. The number of hydrogen-bond acceptors (Lipinski definition) is 2. The summed E-state index contributed by atoms with van der Waals surface area (Å²) in [5.74, 6) is -1.99. The number of benzene rings is 2. The van der Waals surface area contributed by atoms with Gasteiger partial charge in [-0.25, -0.2) is 13.2 Å². The normalized spacial score (nSPS) is 10.7. The molecule has 0 aliphatic heterocycles. The first-order chi connectivity index (χ1) is 8.61. The standard InChI is InChI=1S/C13H9F3OS/c14-9-4-5-12(11(16)6-9)18-13-8(7-17)2-1-3-10(13)15/h1-6,17H,7H2. The van der Waals surface area contributed by atoms with Crippen molar-refractivity contribution in [3.63, 3.8) is 0 Å². The molecule has 0 aliphatic carbocycles. The van der Waals surface area contributed by atoms with Gasteiger partial charge in [0.15, 0.2) is 0 Å². The predicted octanol–water partition coefficient (Wildman–Crippen LogP) is 3.75. The summed E-state index contributed by atoms with van der Waals surface area (Å²) < 4.78 is 39.8. The summed E-state index contributed by atoms with van der Waals surface area (Å²) >= 11 is 0.824. The third-order valence-corrected chi connectivity index (χ3v) is 3.54. The Kier molecular flexibility index (Phi) is 3.93. The van der Waals surface area contributed by atoms with E-state index in [1.807, 2.05) is 0 Å². The molecule has 18 heavy (non-hydrogen) atoms. The Balaban J connectivity index is 2.39. The number of rotatable bonds is 3. The summed E-state index contributed by atoms with van der Waals surface area (Å²) in [7, 11) is 0. The summed E-state index contributed by atoms with van der Waals surface area (Å²) in [6.07, 6.45) is 0. The van der Waals surface area contributed by atoms with Gasteiger partial charge < -0.3 is 5.11 Å². The minimum absolute atomic E-state index is 0.108. The highest BCUT2D eigenvalue weighted by molar-refractivity contribution is 7.99. The van der Waals surface area contributed by atoms with Crippen LogP contribution in [0.1, 0.15) is 5.56 Å². The maximum atomic E-state index is 13.6. The van der Waals surface area contributed by atoms with Crippen molar-refractivity contribution >= 4 is 11.8 Å². The first kappa shape index (κ1) is 13.0. The number of hydrogen-bond donors (Lipinski definition) is 1. The molecular formula is C13H9F3OS. The van der Waals surface area contributed by atoms with E-state index in [-0.39, 0.29) is 16.4 Å². The molecule has 0 amide bonds. The molecule has 0 saturated carbocycles. The van der Waals surface area contributed by atoms with Gasteiger partial charge in [0.25, 0.3) is 0 Å². The molecule has 2 aromatic rings. The predicted molar refractivity (Wildman–Crippen MR) is 62.8 cm³/mol. The maximum Gasteiger partial charge on any atom is 0.140 e. The van der Waals surface area contributed by atoms with Crippen molar-refractivity contribution in [1.82, 2.24) is 0 Å². The monoisotopic (exact) mass is 270 g/mol. The zero-order valence-electron chi connectivity index (χ0n) is 9.16. The van der Waals surface area contributed by atoms with Crippen LogP contribution in [0.25, 0.3) is 0 Å². The Hall–Kier alpha value is -1.46. The molecule has 1 N–H and O–H groups in total. The second kappa shape index (κ2) is 5.46. The van der Waals surface area contributed by atoms with Crippen molar-refractivity contribution < 1.29 is 18.3 Å². The Labute approximate surface area is 106 Å². The van der Waals surface area contributed by atoms with Crippen LogP contribution in [0.5, 0.6) is 0 Å². The van der Waals surface area contributed by atoms with Gasteiger partial charge in [-0.2, -0.15) is 0 Å². The molecule has 0 aromatic heterocycles. The zero-order valence-corrected chi connectivity index (χ0v) is 9.98. The lowest BCUT2D eigenvalue weighted by atomic mass is 10.2. The smallest absolute Gasteiger partial charge is 0.140 e. The fourth-order valence-corrected chi connectivity index (χ4v) is 2.40. The lowest BCUT2D eigenvalue weighted by Gasteiger charge is -2.08. The molecule has 0 saturated heterocycles. The van der Waals surface area contributed by atoms with Gasteiger partial charge >= 0.3 is 0 Å². The van der Waals surface area contributed by atoms with E-state index in [1.54, 1.807) is 6.07 Å². The molecule has 2 rings (SSSR count). The minimum atomic E-state index is -0.757. The van der Waals surface area contributed by atoms with Crippen molar-refractivity contribution in [3.05, 3.63) is 59.4 Å². The topological polar surface area (TPSA) is 20.2 Å². The second-order valence-corrected chi connectivity index (χ2v) is 4.62. The largest absolute Gasteiger partial charge is 0.392 e. The third kappa shape index (κ3) is 2.68. The molecule has 5 heteroatoms. The minimum Gasteiger partial charge on any atom is -0.392 e. The van der Waals surface area contributed by atoms with Crippen molar-refractivity contribution in [2.24, 2.45) is 0 Å². The van der Waals surface area contributed by atoms with E-state index in [0.717, 1.165) is 23.9 Å². The van der Waals surface area contributed by atoms with E-state index >= 15 is 0 Å². The summed E-state index contributed by atoms with van der Waals surface area (Å²) in [6.45, 7) is -0.344. The van der Waals surface area contributed by atoms with Crippen LogP contribution in [0.15, 0.2) is 46.2 Å². The van der Waals surface area contributed by atoms with E-state index in [9.17, 15) is 13.2 Å². The lowest BCUT2D eigenvalue weighted by Crippen LogP contribution is -1.92. The molecule has 2 aromatic carbocycles. The molecule has 0 spiro atoms. The summed E-state index contributed by atoms with van der Waals surface area (Å²) in [5.41, 5.74) is 0.365. The summed E-state index contributed by atoms with van der Waals surface area (Å²) in [4.78, 5) is 0.252. The molecule has 94 valence electrons. The molecule has 0 bridgehead atoms. The van der Waals surface area contributed by atoms with E-state index < -0.39 is 17.5 Å². The van der Waals surface area contributed by atoms with Gasteiger partial charge in [-0.3, -0.25) is 0 Å². The van der Waals surface area contributed by atoms with Gasteiger partial charge in [0.2, 0.25) is 0 Å². The number of aliphatic hydroxyl groups excluding tert-OH is 1. The van der Waals surface area contributed by atoms with E-state index in [4.69, 9.17) is 5.11 Å². The fraction of sp³-hybridized carbons (Fsp3) is 0.0769. The highest BCUT2D eigenvalue weighted by Gasteiger charge is 2.12. The zero-order chi connectivity index (χ0) is 13.1. The second-order valence-electron chi connectivity index (χ2n) is 3.56. The van der Waals surface area contributed by atoms with E-state index in [1.165, 1.54) is 18.2 Å². The lowest BCUT2D eigenvalue weighted by molar-refractivity contribution is 0.277. The SMILES string of the molecule is OCc1cccc(F)c1Sc1ccc(F)cc1F. The quantitative estimate of drug-likeness (QED) is 0.916. The first-order valence-electron chi connectivity index (χ1n) is 5.13. The van der Waals surface area contributed by atoms with Crippen molar-refractivity contribution in [1.29, 1.82) is 0 Å². The van der Waals surface area contributed by atoms with Gasteiger partial charge in [0.05, 0.1) is 11.5 Å². The highest BCUT2D eigenvalue weighted by atomic mass is 32.2. The van der Waals surface area contributed by atoms with Gasteiger partial charge in [0.1, 0.15) is 17.5 Å². The van der Waals surface area contributed by atoms with Crippen LogP contribution >= 0.6 is 11.8 Å². The molecule has 0 fully saturated rings. The van der Waals surface area contributed by atoms with Gasteiger partial charge in [-0.1, -0.05) is 23.9 Å². The van der Waals surface area contributed by atoms with E-state index in [2.05, 4.69) is 0 Å². The number of halogens is 3. The van der Waals surface area contributed by atoms with Crippen molar-refractivity contribution in [3.8, 4) is 0 Å². The molecule has 0 unspecified atom stereocenters. The highest BCUT2D eigenvalue weighted by Crippen LogP contribution is 2.34. The Morgan fingerprint density at radius 2 is 1.78 bits per heavy atom. The van der Waals surface area contributed by atoms with Gasteiger partial charge in [0, 0.05) is 11.0 Å². The van der Waals surface area contributed by atoms with Crippen molar-refractivity contribution in [2.75, 3.05) is 0 Å². The van der Waals surface area contributed by atoms with Crippen LogP contribution in [0.4, 0.5) is 13.2 Å². The van der Waals surface area contributed by atoms with Gasteiger partial charge in [-0.05, 0) is 23.8 Å². The first-order valence-corrected chi connectivity index (χ1v) is 5.94. The Bertz CT molecular complexity index is 572. The fourth-order valence-electron chi connectivity index (χ4n) is 1.46.